The molecule has 1 aromatic heterocycles. The van der Waals surface area contributed by atoms with Crippen molar-refractivity contribution >= 4 is 16.9 Å². The molecule has 0 unspecified atom stereocenters. The Morgan fingerprint density at radius 2 is 1.83 bits per heavy atom. The number of benzene rings is 1. The Kier molecular flexibility index (Phi) is 6.37. The molecule has 0 bridgehead atoms. The molecule has 1 amide bonds. The first-order chi connectivity index (χ1) is 11.2. The fourth-order valence-corrected chi connectivity index (χ4v) is 2.52. The molecule has 2 aromatic rings. The van der Waals surface area contributed by atoms with Crippen molar-refractivity contribution in [2.24, 2.45) is 0 Å². The Morgan fingerprint density at radius 3 is 2.48 bits per heavy atom. The molecule has 2 N–H and O–H groups in total. The average molecular weight is 320 g/mol. The number of nitrogens with zero attached hydrogens (tertiary/aromatic N) is 2. The summed E-state index contributed by atoms with van der Waals surface area (Å²) in [6, 6.07) is 7.52. The lowest BCUT2D eigenvalue weighted by Gasteiger charge is -2.07. The number of ether oxygens (including phenoxy) is 1. The quantitative estimate of drug-likeness (QED) is 0.646. The highest BCUT2D eigenvalue weighted by Gasteiger charge is 2.13. The van der Waals surface area contributed by atoms with Crippen molar-refractivity contribution in [3.05, 3.63) is 34.7 Å². The van der Waals surface area contributed by atoms with Crippen molar-refractivity contribution in [1.29, 1.82) is 0 Å². The van der Waals surface area contributed by atoms with Gasteiger partial charge in [0.25, 0.3) is 0 Å². The number of fused-ring (bicyclic) bond motifs is 1. The van der Waals surface area contributed by atoms with Gasteiger partial charge in [0.15, 0.2) is 0 Å². The van der Waals surface area contributed by atoms with Crippen molar-refractivity contribution in [2.45, 2.75) is 20.0 Å². The van der Waals surface area contributed by atoms with Crippen LogP contribution in [0.5, 0.6) is 0 Å². The number of aromatic nitrogens is 2. The van der Waals surface area contributed by atoms with Gasteiger partial charge in [0.2, 0.25) is 5.91 Å². The van der Waals surface area contributed by atoms with Crippen LogP contribution in [0.3, 0.4) is 0 Å². The van der Waals surface area contributed by atoms with Crippen molar-refractivity contribution in [2.75, 3.05) is 33.4 Å². The summed E-state index contributed by atoms with van der Waals surface area (Å²) >= 11 is 0. The Bertz CT molecular complexity index is 705. The summed E-state index contributed by atoms with van der Waals surface area (Å²) in [5.41, 5.74) is 1.49. The largest absolute Gasteiger partial charge is 0.383 e. The van der Waals surface area contributed by atoms with E-state index in [1.807, 2.05) is 31.2 Å². The maximum Gasteiger partial charge on any atom is 0.329 e. The highest BCUT2D eigenvalue weighted by Crippen LogP contribution is 2.12. The fraction of sp³-hybridized carbons (Fsp3) is 0.500. The van der Waals surface area contributed by atoms with Gasteiger partial charge in [-0.05, 0) is 19.1 Å². The van der Waals surface area contributed by atoms with E-state index < -0.39 is 0 Å². The van der Waals surface area contributed by atoms with Crippen LogP contribution in [0, 0.1) is 0 Å². The molecule has 7 nitrogen and oxygen atoms in total. The van der Waals surface area contributed by atoms with Crippen LogP contribution >= 0.6 is 0 Å². The first kappa shape index (κ1) is 17.2. The predicted octanol–water partition coefficient (Wildman–Crippen LogP) is 0.175. The molecule has 0 saturated heterocycles. The van der Waals surface area contributed by atoms with Crippen LogP contribution in [0.15, 0.2) is 29.1 Å². The zero-order valence-corrected chi connectivity index (χ0v) is 13.7. The number of imidazole rings is 1. The highest BCUT2D eigenvalue weighted by molar-refractivity contribution is 5.80. The van der Waals surface area contributed by atoms with E-state index >= 15 is 0 Å². The molecule has 1 aromatic carbocycles. The second kappa shape index (κ2) is 8.50. The molecule has 0 aliphatic carbocycles. The van der Waals surface area contributed by atoms with Crippen LogP contribution in [0.4, 0.5) is 0 Å². The number of carbonyl (C=O) groups excluding carboxylic acids is 1. The van der Waals surface area contributed by atoms with Gasteiger partial charge >= 0.3 is 5.69 Å². The van der Waals surface area contributed by atoms with E-state index in [4.69, 9.17) is 4.74 Å². The van der Waals surface area contributed by atoms with Crippen LogP contribution in [0.25, 0.3) is 11.0 Å². The fourth-order valence-electron chi connectivity index (χ4n) is 2.52. The summed E-state index contributed by atoms with van der Waals surface area (Å²) in [6.07, 6.45) is 0. The summed E-state index contributed by atoms with van der Waals surface area (Å²) in [5.74, 6) is -0.167. The van der Waals surface area contributed by atoms with Gasteiger partial charge in [-0.15, -0.1) is 0 Å². The predicted molar refractivity (Wildman–Crippen MR) is 89.6 cm³/mol. The van der Waals surface area contributed by atoms with Crippen LogP contribution in [-0.4, -0.2) is 48.4 Å². The van der Waals surface area contributed by atoms with E-state index in [0.717, 1.165) is 17.6 Å². The number of rotatable bonds is 9. The van der Waals surface area contributed by atoms with Crippen molar-refractivity contribution < 1.29 is 9.53 Å². The first-order valence-corrected chi connectivity index (χ1v) is 7.83. The van der Waals surface area contributed by atoms with Gasteiger partial charge in [-0.25, -0.2) is 4.79 Å². The van der Waals surface area contributed by atoms with Crippen molar-refractivity contribution in [1.82, 2.24) is 19.8 Å². The minimum absolute atomic E-state index is 0.0322. The maximum atomic E-state index is 12.4. The molecule has 0 aliphatic rings. The molecule has 0 spiro atoms. The topological polar surface area (TPSA) is 77.3 Å². The summed E-state index contributed by atoms with van der Waals surface area (Å²) in [7, 11) is 1.65. The zero-order valence-electron chi connectivity index (χ0n) is 13.7. The molecule has 0 saturated carbocycles. The van der Waals surface area contributed by atoms with Crippen LogP contribution in [0.2, 0.25) is 0 Å². The third-order valence-electron chi connectivity index (χ3n) is 3.65. The van der Waals surface area contributed by atoms with Gasteiger partial charge in [-0.1, -0.05) is 12.1 Å². The molecule has 0 fully saturated rings. The number of nitrogens with one attached hydrogen (secondary N) is 2. The second-order valence-electron chi connectivity index (χ2n) is 5.19. The molecular formula is C16H24N4O3. The number of hydrogen-bond acceptors (Lipinski definition) is 4. The third kappa shape index (κ3) is 4.20. The maximum absolute atomic E-state index is 12.4. The number of carbonyl (C=O) groups is 1. The van der Waals surface area contributed by atoms with E-state index in [0.29, 0.717) is 26.2 Å². The molecule has 0 aliphatic heterocycles. The molecule has 7 heteroatoms. The standard InChI is InChI=1S/C16H24N4O3/c1-3-19-13-6-4-5-7-14(13)20(16(19)22)12-15(21)18-9-8-17-10-11-23-2/h4-7,17H,3,8-12H2,1-2H3,(H,18,21). The van der Waals surface area contributed by atoms with E-state index in [1.165, 1.54) is 4.57 Å². The zero-order chi connectivity index (χ0) is 16.7. The summed E-state index contributed by atoms with van der Waals surface area (Å²) in [5, 5.41) is 5.96. The third-order valence-corrected chi connectivity index (χ3v) is 3.65. The van der Waals surface area contributed by atoms with Crippen molar-refractivity contribution in [3.63, 3.8) is 0 Å². The van der Waals surface area contributed by atoms with Gasteiger partial charge < -0.3 is 15.4 Å². The van der Waals surface area contributed by atoms with Crippen LogP contribution in [0.1, 0.15) is 6.92 Å². The van der Waals surface area contributed by atoms with E-state index in [9.17, 15) is 9.59 Å². The van der Waals surface area contributed by atoms with Gasteiger partial charge in [-0.3, -0.25) is 13.9 Å². The summed E-state index contributed by atoms with van der Waals surface area (Å²) < 4.78 is 8.12. The van der Waals surface area contributed by atoms with Gasteiger partial charge in [-0.2, -0.15) is 0 Å². The Morgan fingerprint density at radius 1 is 1.13 bits per heavy atom. The summed E-state index contributed by atoms with van der Waals surface area (Å²) in [6.45, 7) is 5.10. The Hall–Kier alpha value is -2.12. The van der Waals surface area contributed by atoms with Crippen molar-refractivity contribution in [3.8, 4) is 0 Å². The smallest absolute Gasteiger partial charge is 0.329 e. The second-order valence-corrected chi connectivity index (χ2v) is 5.19. The summed E-state index contributed by atoms with van der Waals surface area (Å²) in [4.78, 5) is 24.5. The minimum Gasteiger partial charge on any atom is -0.383 e. The molecular weight excluding hydrogens is 296 g/mol. The SMILES string of the molecule is CCn1c(=O)n(CC(=O)NCCNCCOC)c2ccccc21. The average Bonchev–Trinajstić information content (AvgIpc) is 2.82. The van der Waals surface area contributed by atoms with E-state index in [1.54, 1.807) is 11.7 Å². The minimum atomic E-state index is -0.167. The normalized spacial score (nSPS) is 11.0. The van der Waals surface area contributed by atoms with Gasteiger partial charge in [0, 0.05) is 33.3 Å². The number of para-hydroxylation sites is 2. The number of hydrogen-bond donors (Lipinski definition) is 2. The lowest BCUT2D eigenvalue weighted by molar-refractivity contribution is -0.121. The van der Waals surface area contributed by atoms with Crippen LogP contribution < -0.4 is 16.3 Å². The Balaban J connectivity index is 1.97. The molecule has 23 heavy (non-hydrogen) atoms. The van der Waals surface area contributed by atoms with Gasteiger partial charge in [0.1, 0.15) is 6.54 Å². The van der Waals surface area contributed by atoms with E-state index in [2.05, 4.69) is 10.6 Å². The van der Waals surface area contributed by atoms with E-state index in [-0.39, 0.29) is 18.1 Å². The number of methoxy groups -OCH3 is 1. The molecule has 1 heterocycles. The van der Waals surface area contributed by atoms with Gasteiger partial charge in [0.05, 0.1) is 17.6 Å². The lowest BCUT2D eigenvalue weighted by atomic mass is 10.3. The molecule has 2 rings (SSSR count). The van der Waals surface area contributed by atoms with Crippen LogP contribution in [-0.2, 0) is 22.6 Å². The Labute approximate surface area is 135 Å². The first-order valence-electron chi connectivity index (χ1n) is 7.83. The molecule has 0 radical (unpaired) electrons. The molecule has 126 valence electrons. The monoisotopic (exact) mass is 320 g/mol. The number of amides is 1. The number of aryl methyl sites for hydroxylation is 1. The highest BCUT2D eigenvalue weighted by atomic mass is 16.5. The molecule has 0 atom stereocenters. The lowest BCUT2D eigenvalue weighted by Crippen LogP contribution is -2.37.